The second-order valence-corrected chi connectivity index (χ2v) is 5.55. The van der Waals surface area contributed by atoms with E-state index in [1.807, 2.05) is 6.92 Å². The van der Waals surface area contributed by atoms with Crippen LogP contribution >= 0.6 is 15.9 Å². The Morgan fingerprint density at radius 2 is 2.24 bits per heavy atom. The van der Waals surface area contributed by atoms with Crippen LogP contribution in [0.4, 0.5) is 11.5 Å². The first-order valence-electron chi connectivity index (χ1n) is 6.32. The Bertz CT molecular complexity index is 402. The summed E-state index contributed by atoms with van der Waals surface area (Å²) in [7, 11) is 0. The number of nitrogens with two attached hydrogens (primary N) is 1. The van der Waals surface area contributed by atoms with Gasteiger partial charge in [-0.2, -0.15) is 0 Å². The van der Waals surface area contributed by atoms with E-state index in [9.17, 15) is 0 Å². The highest BCUT2D eigenvalue weighted by atomic mass is 79.9. The van der Waals surface area contributed by atoms with Gasteiger partial charge in [-0.25, -0.2) is 4.98 Å². The number of hydrogen-bond donors (Lipinski definition) is 1. The summed E-state index contributed by atoms with van der Waals surface area (Å²) in [5.74, 6) is 1.06. The molecule has 0 aromatic carbocycles. The van der Waals surface area contributed by atoms with Crippen LogP contribution in [0.5, 0.6) is 0 Å². The van der Waals surface area contributed by atoms with E-state index in [0.29, 0.717) is 6.04 Å². The van der Waals surface area contributed by atoms with Gasteiger partial charge in [0.2, 0.25) is 0 Å². The molecular formula is C13H20BrN3. The van der Waals surface area contributed by atoms with Gasteiger partial charge in [0.15, 0.2) is 0 Å². The van der Waals surface area contributed by atoms with Crippen LogP contribution in [-0.2, 0) is 0 Å². The zero-order chi connectivity index (χ0) is 12.4. The molecule has 1 heterocycles. The minimum Gasteiger partial charge on any atom is -0.397 e. The summed E-state index contributed by atoms with van der Waals surface area (Å²) < 4.78 is 1.06. The molecule has 2 rings (SSSR count). The van der Waals surface area contributed by atoms with E-state index in [-0.39, 0.29) is 0 Å². The smallest absolute Gasteiger partial charge is 0.143 e. The highest BCUT2D eigenvalue weighted by Gasteiger charge is 2.31. The molecule has 2 N–H and O–H groups in total. The van der Waals surface area contributed by atoms with Gasteiger partial charge in [0, 0.05) is 12.6 Å². The molecule has 0 unspecified atom stereocenters. The predicted molar refractivity (Wildman–Crippen MR) is 76.4 cm³/mol. The number of unbranched alkanes of at least 4 members (excludes halogenated alkanes) is 1. The Morgan fingerprint density at radius 1 is 1.53 bits per heavy atom. The lowest BCUT2D eigenvalue weighted by atomic mass is 10.2. The second kappa shape index (κ2) is 5.25. The van der Waals surface area contributed by atoms with Crippen LogP contribution in [0, 0.1) is 6.92 Å². The van der Waals surface area contributed by atoms with E-state index in [1.54, 1.807) is 6.20 Å². The number of nitrogen functional groups attached to an aromatic ring is 1. The Kier molecular flexibility index (Phi) is 3.92. The fourth-order valence-corrected chi connectivity index (χ4v) is 2.51. The van der Waals surface area contributed by atoms with E-state index in [2.05, 4.69) is 32.7 Å². The van der Waals surface area contributed by atoms with Crippen LogP contribution in [0.1, 0.15) is 38.2 Å². The van der Waals surface area contributed by atoms with Crippen molar-refractivity contribution >= 4 is 27.4 Å². The minimum absolute atomic E-state index is 0.688. The molecule has 1 aromatic rings. The summed E-state index contributed by atoms with van der Waals surface area (Å²) in [5, 5.41) is 0. The predicted octanol–water partition coefficient (Wildman–Crippen LogP) is 3.50. The SMILES string of the molecule is CCCCN(c1ncc(N)c(C)c1Br)C1CC1. The molecule has 0 aliphatic heterocycles. The zero-order valence-corrected chi connectivity index (χ0v) is 12.1. The third-order valence-corrected chi connectivity index (χ3v) is 4.25. The van der Waals surface area contributed by atoms with Gasteiger partial charge in [-0.1, -0.05) is 13.3 Å². The number of rotatable bonds is 5. The first-order chi connectivity index (χ1) is 8.15. The lowest BCUT2D eigenvalue weighted by molar-refractivity contribution is 0.703. The number of aromatic nitrogens is 1. The third-order valence-electron chi connectivity index (χ3n) is 3.30. The van der Waals surface area contributed by atoms with Gasteiger partial charge in [-0.3, -0.25) is 0 Å². The van der Waals surface area contributed by atoms with Crippen LogP contribution < -0.4 is 10.6 Å². The maximum absolute atomic E-state index is 5.87. The van der Waals surface area contributed by atoms with Gasteiger partial charge in [0.1, 0.15) is 5.82 Å². The second-order valence-electron chi connectivity index (χ2n) is 4.75. The molecule has 4 heteroatoms. The number of anilines is 2. The van der Waals surface area contributed by atoms with Crippen LogP contribution in [0.2, 0.25) is 0 Å². The summed E-state index contributed by atoms with van der Waals surface area (Å²) in [5.41, 5.74) is 7.72. The molecular weight excluding hydrogens is 278 g/mol. The maximum Gasteiger partial charge on any atom is 0.143 e. The standard InChI is InChI=1S/C13H20BrN3/c1-3-4-7-17(10-5-6-10)13-12(14)9(2)11(15)8-16-13/h8,10H,3-7,15H2,1-2H3. The normalized spacial score (nSPS) is 15.0. The molecule has 1 aromatic heterocycles. The lowest BCUT2D eigenvalue weighted by Crippen LogP contribution is -2.28. The minimum atomic E-state index is 0.688. The average molecular weight is 298 g/mol. The Balaban J connectivity index is 2.26. The molecule has 17 heavy (non-hydrogen) atoms. The molecule has 1 fully saturated rings. The lowest BCUT2D eigenvalue weighted by Gasteiger charge is -2.25. The summed E-state index contributed by atoms with van der Waals surface area (Å²) in [4.78, 5) is 6.94. The van der Waals surface area contributed by atoms with E-state index in [4.69, 9.17) is 5.73 Å². The Hall–Kier alpha value is -0.770. The van der Waals surface area contributed by atoms with Crippen LogP contribution in [0.15, 0.2) is 10.7 Å². The van der Waals surface area contributed by atoms with Crippen molar-refractivity contribution in [2.45, 2.75) is 45.6 Å². The van der Waals surface area contributed by atoms with Crippen LogP contribution in [0.3, 0.4) is 0 Å². The largest absolute Gasteiger partial charge is 0.397 e. The van der Waals surface area contributed by atoms with Gasteiger partial charge in [0.05, 0.1) is 16.4 Å². The molecule has 0 spiro atoms. The van der Waals surface area contributed by atoms with Gasteiger partial charge in [-0.05, 0) is 47.7 Å². The highest BCUT2D eigenvalue weighted by molar-refractivity contribution is 9.10. The van der Waals surface area contributed by atoms with Crippen LogP contribution in [0.25, 0.3) is 0 Å². The third kappa shape index (κ3) is 2.73. The Labute approximate surface area is 112 Å². The van der Waals surface area contributed by atoms with Gasteiger partial charge in [-0.15, -0.1) is 0 Å². The number of hydrogen-bond acceptors (Lipinski definition) is 3. The van der Waals surface area contributed by atoms with Gasteiger partial charge < -0.3 is 10.6 Å². The molecule has 94 valence electrons. The summed E-state index contributed by atoms with van der Waals surface area (Å²) in [6.07, 6.45) is 6.79. The van der Waals surface area contributed by atoms with E-state index < -0.39 is 0 Å². The number of halogens is 1. The molecule has 1 aliphatic rings. The Morgan fingerprint density at radius 3 is 2.82 bits per heavy atom. The van der Waals surface area contributed by atoms with Crippen molar-refractivity contribution in [1.29, 1.82) is 0 Å². The van der Waals surface area contributed by atoms with Gasteiger partial charge >= 0.3 is 0 Å². The molecule has 0 bridgehead atoms. The molecule has 0 amide bonds. The monoisotopic (exact) mass is 297 g/mol. The van der Waals surface area contributed by atoms with Gasteiger partial charge in [0.25, 0.3) is 0 Å². The van der Waals surface area contributed by atoms with Crippen molar-refractivity contribution in [3.63, 3.8) is 0 Å². The summed E-state index contributed by atoms with van der Waals surface area (Å²) >= 11 is 3.64. The molecule has 0 saturated heterocycles. The average Bonchev–Trinajstić information content (AvgIpc) is 3.13. The van der Waals surface area contributed by atoms with E-state index >= 15 is 0 Å². The molecule has 1 aliphatic carbocycles. The quantitative estimate of drug-likeness (QED) is 0.904. The maximum atomic E-state index is 5.87. The van der Waals surface area contributed by atoms with Crippen molar-refractivity contribution in [3.8, 4) is 0 Å². The van der Waals surface area contributed by atoms with E-state index in [0.717, 1.165) is 28.1 Å². The summed E-state index contributed by atoms with van der Waals surface area (Å²) in [6.45, 7) is 5.35. The van der Waals surface area contributed by atoms with Crippen LogP contribution in [-0.4, -0.2) is 17.6 Å². The first-order valence-corrected chi connectivity index (χ1v) is 7.11. The van der Waals surface area contributed by atoms with E-state index in [1.165, 1.54) is 25.7 Å². The number of pyridine rings is 1. The fraction of sp³-hybridized carbons (Fsp3) is 0.615. The fourth-order valence-electron chi connectivity index (χ4n) is 1.95. The van der Waals surface area contributed by atoms with Crippen molar-refractivity contribution in [2.24, 2.45) is 0 Å². The molecule has 3 nitrogen and oxygen atoms in total. The van der Waals surface area contributed by atoms with Crippen molar-refractivity contribution < 1.29 is 0 Å². The van der Waals surface area contributed by atoms with Crippen molar-refractivity contribution in [1.82, 2.24) is 4.98 Å². The first kappa shape index (κ1) is 12.7. The van der Waals surface area contributed by atoms with Crippen molar-refractivity contribution in [2.75, 3.05) is 17.2 Å². The zero-order valence-electron chi connectivity index (χ0n) is 10.5. The van der Waals surface area contributed by atoms with Crippen molar-refractivity contribution in [3.05, 3.63) is 16.2 Å². The molecule has 0 radical (unpaired) electrons. The summed E-state index contributed by atoms with van der Waals surface area (Å²) in [6, 6.07) is 0.688. The topological polar surface area (TPSA) is 42.2 Å². The molecule has 1 saturated carbocycles. The molecule has 0 atom stereocenters. The number of nitrogens with zero attached hydrogens (tertiary/aromatic N) is 2. The highest BCUT2D eigenvalue weighted by Crippen LogP contribution is 2.37.